The standard InChI is InChI=1S/C19H21N7OS/c27-18(24-19-23-16(25-28-19)15-7-2-1-3-8-15)22-12-14-6-4-11-26(13-14)17-20-9-5-10-21-17/h1-3,5,7-10,14H,4,6,11-13H2,(H2,22,23,24,25,27)/t14-/m1/s1. The van der Waals surface area contributed by atoms with Gasteiger partial charge >= 0.3 is 6.03 Å². The number of amides is 2. The Morgan fingerprint density at radius 2 is 2.00 bits per heavy atom. The molecule has 0 unspecified atom stereocenters. The average molecular weight is 395 g/mol. The largest absolute Gasteiger partial charge is 0.340 e. The summed E-state index contributed by atoms with van der Waals surface area (Å²) in [4.78, 5) is 27.4. The molecule has 9 heteroatoms. The number of nitrogens with zero attached hydrogens (tertiary/aromatic N) is 5. The lowest BCUT2D eigenvalue weighted by molar-refractivity contribution is 0.249. The molecule has 2 N–H and O–H groups in total. The van der Waals surface area contributed by atoms with Crippen molar-refractivity contribution in [1.29, 1.82) is 0 Å². The monoisotopic (exact) mass is 395 g/mol. The van der Waals surface area contributed by atoms with E-state index in [2.05, 4.69) is 34.9 Å². The second kappa shape index (κ2) is 8.75. The first kappa shape index (κ1) is 18.3. The van der Waals surface area contributed by atoms with Crippen molar-refractivity contribution in [2.24, 2.45) is 5.92 Å². The molecule has 3 heterocycles. The molecule has 1 aromatic carbocycles. The summed E-state index contributed by atoms with van der Waals surface area (Å²) in [6.45, 7) is 2.38. The Kier molecular flexibility index (Phi) is 5.72. The van der Waals surface area contributed by atoms with Crippen molar-refractivity contribution in [3.8, 4) is 11.4 Å². The van der Waals surface area contributed by atoms with Crippen LogP contribution in [0.4, 0.5) is 15.9 Å². The maximum absolute atomic E-state index is 12.2. The third kappa shape index (κ3) is 4.61. The molecule has 4 rings (SSSR count). The number of nitrogens with one attached hydrogen (secondary N) is 2. The number of benzene rings is 1. The predicted molar refractivity (Wildman–Crippen MR) is 109 cm³/mol. The van der Waals surface area contributed by atoms with Crippen molar-refractivity contribution in [2.75, 3.05) is 29.9 Å². The summed E-state index contributed by atoms with van der Waals surface area (Å²) >= 11 is 1.17. The molecule has 1 atom stereocenters. The Balaban J connectivity index is 1.27. The van der Waals surface area contributed by atoms with Gasteiger partial charge in [0.05, 0.1) is 0 Å². The molecule has 8 nitrogen and oxygen atoms in total. The van der Waals surface area contributed by atoms with E-state index in [0.29, 0.717) is 23.4 Å². The molecule has 0 saturated carbocycles. The van der Waals surface area contributed by atoms with Crippen molar-refractivity contribution >= 4 is 28.6 Å². The lowest BCUT2D eigenvalue weighted by Crippen LogP contribution is -2.42. The number of anilines is 2. The number of rotatable bonds is 5. The summed E-state index contributed by atoms with van der Waals surface area (Å²) < 4.78 is 4.30. The van der Waals surface area contributed by atoms with Gasteiger partial charge in [-0.3, -0.25) is 5.32 Å². The second-order valence-corrected chi connectivity index (χ2v) is 7.38. The van der Waals surface area contributed by atoms with Crippen LogP contribution in [0, 0.1) is 5.92 Å². The third-order valence-corrected chi connectivity index (χ3v) is 5.21. The number of piperidine rings is 1. The van der Waals surface area contributed by atoms with Crippen LogP contribution in [-0.4, -0.2) is 45.0 Å². The normalized spacial score (nSPS) is 16.6. The van der Waals surface area contributed by atoms with E-state index < -0.39 is 0 Å². The first-order valence-corrected chi connectivity index (χ1v) is 10.0. The van der Waals surface area contributed by atoms with Gasteiger partial charge in [-0.05, 0) is 24.8 Å². The number of aromatic nitrogens is 4. The quantitative estimate of drug-likeness (QED) is 0.689. The van der Waals surface area contributed by atoms with Crippen molar-refractivity contribution in [2.45, 2.75) is 12.8 Å². The minimum atomic E-state index is -0.260. The van der Waals surface area contributed by atoms with Crippen LogP contribution in [0.3, 0.4) is 0 Å². The zero-order valence-electron chi connectivity index (χ0n) is 15.3. The van der Waals surface area contributed by atoms with Crippen LogP contribution in [0.2, 0.25) is 0 Å². The van der Waals surface area contributed by atoms with Gasteiger partial charge in [-0.1, -0.05) is 30.3 Å². The zero-order chi connectivity index (χ0) is 19.2. The number of carbonyl (C=O) groups is 1. The smallest absolute Gasteiger partial charge is 0.321 e. The number of carbonyl (C=O) groups excluding carboxylic acids is 1. The lowest BCUT2D eigenvalue weighted by atomic mass is 9.98. The average Bonchev–Trinajstić information content (AvgIpc) is 3.22. The Morgan fingerprint density at radius 1 is 1.18 bits per heavy atom. The minimum absolute atomic E-state index is 0.260. The van der Waals surface area contributed by atoms with Gasteiger partial charge in [-0.25, -0.2) is 14.8 Å². The molecule has 3 aromatic rings. The number of hydrogen-bond acceptors (Lipinski definition) is 7. The van der Waals surface area contributed by atoms with E-state index in [1.165, 1.54) is 11.5 Å². The van der Waals surface area contributed by atoms with Crippen molar-refractivity contribution in [3.63, 3.8) is 0 Å². The molecule has 2 aromatic heterocycles. The first-order valence-electron chi connectivity index (χ1n) is 9.24. The summed E-state index contributed by atoms with van der Waals surface area (Å²) in [6.07, 6.45) is 5.64. The van der Waals surface area contributed by atoms with E-state index in [4.69, 9.17) is 0 Å². The molecular formula is C19H21N7OS. The highest BCUT2D eigenvalue weighted by Crippen LogP contribution is 2.21. The van der Waals surface area contributed by atoms with Crippen LogP contribution in [0.15, 0.2) is 48.8 Å². The van der Waals surface area contributed by atoms with Gasteiger partial charge in [-0.2, -0.15) is 9.36 Å². The van der Waals surface area contributed by atoms with E-state index >= 15 is 0 Å². The fourth-order valence-electron chi connectivity index (χ4n) is 3.22. The van der Waals surface area contributed by atoms with Gasteiger partial charge < -0.3 is 10.2 Å². The highest BCUT2D eigenvalue weighted by atomic mass is 32.1. The molecule has 0 radical (unpaired) electrons. The van der Waals surface area contributed by atoms with Crippen LogP contribution in [0.5, 0.6) is 0 Å². The fourth-order valence-corrected chi connectivity index (χ4v) is 3.81. The zero-order valence-corrected chi connectivity index (χ0v) is 16.1. The molecule has 1 aliphatic heterocycles. The van der Waals surface area contributed by atoms with Gasteiger partial charge in [0.15, 0.2) is 5.82 Å². The van der Waals surface area contributed by atoms with E-state index in [-0.39, 0.29) is 6.03 Å². The van der Waals surface area contributed by atoms with Crippen LogP contribution in [0.1, 0.15) is 12.8 Å². The van der Waals surface area contributed by atoms with E-state index in [0.717, 1.165) is 37.4 Å². The molecule has 0 aliphatic carbocycles. The predicted octanol–water partition coefficient (Wildman–Crippen LogP) is 3.03. The molecule has 28 heavy (non-hydrogen) atoms. The number of urea groups is 1. The van der Waals surface area contributed by atoms with Crippen molar-refractivity contribution in [3.05, 3.63) is 48.8 Å². The van der Waals surface area contributed by atoms with Crippen molar-refractivity contribution in [1.82, 2.24) is 24.6 Å². The Hall–Kier alpha value is -3.07. The summed E-state index contributed by atoms with van der Waals surface area (Å²) in [7, 11) is 0. The van der Waals surface area contributed by atoms with Gasteiger partial charge in [0.1, 0.15) is 0 Å². The summed E-state index contributed by atoms with van der Waals surface area (Å²) in [5.74, 6) is 1.73. The SMILES string of the molecule is O=C(NC[C@H]1CCCN(c2ncccn2)C1)Nc1nc(-c2ccccc2)ns1. The fraction of sp³-hybridized carbons (Fsp3) is 0.316. The van der Waals surface area contributed by atoms with Crippen molar-refractivity contribution < 1.29 is 4.79 Å². The van der Waals surface area contributed by atoms with Gasteiger partial charge in [0.2, 0.25) is 11.1 Å². The summed E-state index contributed by atoms with van der Waals surface area (Å²) in [5.41, 5.74) is 0.928. The maximum Gasteiger partial charge on any atom is 0.321 e. The molecule has 1 fully saturated rings. The maximum atomic E-state index is 12.2. The van der Waals surface area contributed by atoms with Crippen LogP contribution in [0.25, 0.3) is 11.4 Å². The van der Waals surface area contributed by atoms with Crippen LogP contribution < -0.4 is 15.5 Å². The van der Waals surface area contributed by atoms with Gasteiger partial charge in [0, 0.05) is 49.1 Å². The molecule has 0 spiro atoms. The van der Waals surface area contributed by atoms with E-state index in [1.54, 1.807) is 12.4 Å². The summed E-state index contributed by atoms with van der Waals surface area (Å²) in [6, 6.07) is 11.2. The van der Waals surface area contributed by atoms with E-state index in [9.17, 15) is 4.79 Å². The van der Waals surface area contributed by atoms with Gasteiger partial charge in [0.25, 0.3) is 0 Å². The highest BCUT2D eigenvalue weighted by Gasteiger charge is 2.22. The third-order valence-electron chi connectivity index (χ3n) is 4.58. The molecule has 2 amide bonds. The highest BCUT2D eigenvalue weighted by molar-refractivity contribution is 7.10. The van der Waals surface area contributed by atoms with Crippen LogP contribution >= 0.6 is 11.5 Å². The Morgan fingerprint density at radius 3 is 2.82 bits per heavy atom. The molecular weight excluding hydrogens is 374 g/mol. The van der Waals surface area contributed by atoms with E-state index in [1.807, 2.05) is 36.4 Å². The Bertz CT molecular complexity index is 903. The lowest BCUT2D eigenvalue weighted by Gasteiger charge is -2.32. The van der Waals surface area contributed by atoms with Crippen LogP contribution in [-0.2, 0) is 0 Å². The molecule has 144 valence electrons. The second-order valence-electron chi connectivity index (χ2n) is 6.63. The molecule has 1 aliphatic rings. The molecule has 0 bridgehead atoms. The topological polar surface area (TPSA) is 95.9 Å². The minimum Gasteiger partial charge on any atom is -0.340 e. The van der Waals surface area contributed by atoms with Gasteiger partial charge in [-0.15, -0.1) is 0 Å². The summed E-state index contributed by atoms with van der Waals surface area (Å²) in [5, 5.41) is 6.20. The molecule has 1 saturated heterocycles. The number of hydrogen-bond donors (Lipinski definition) is 2. The first-order chi connectivity index (χ1) is 13.8. The Labute approximate surface area is 167 Å².